The fourth-order valence-electron chi connectivity index (χ4n) is 2.26. The Bertz CT molecular complexity index is 653. The average molecular weight is 330 g/mol. The molecule has 0 aliphatic carbocycles. The van der Waals surface area contributed by atoms with Gasteiger partial charge < -0.3 is 10.6 Å². The molecule has 1 aromatic heterocycles. The first-order chi connectivity index (χ1) is 11.1. The number of para-hydroxylation sites is 1. The van der Waals surface area contributed by atoms with Crippen molar-refractivity contribution in [1.82, 2.24) is 5.32 Å². The van der Waals surface area contributed by atoms with E-state index in [0.717, 1.165) is 17.7 Å². The quantitative estimate of drug-likeness (QED) is 0.805. The first-order valence-electron chi connectivity index (χ1n) is 7.82. The van der Waals surface area contributed by atoms with Crippen molar-refractivity contribution in [1.29, 1.82) is 0 Å². The number of carbonyl (C=O) groups is 2. The number of hydrogen-bond donors (Lipinski definition) is 2. The van der Waals surface area contributed by atoms with Crippen molar-refractivity contribution < 1.29 is 9.59 Å². The lowest BCUT2D eigenvalue weighted by atomic mass is 9.97. The molecule has 0 fully saturated rings. The van der Waals surface area contributed by atoms with Crippen LogP contribution in [0.25, 0.3) is 0 Å². The van der Waals surface area contributed by atoms with Gasteiger partial charge in [0.15, 0.2) is 0 Å². The van der Waals surface area contributed by atoms with Crippen LogP contribution in [0.4, 0.5) is 5.69 Å². The van der Waals surface area contributed by atoms with Gasteiger partial charge in [-0.1, -0.05) is 38.1 Å². The van der Waals surface area contributed by atoms with Gasteiger partial charge in [0.05, 0.1) is 4.88 Å². The maximum atomic E-state index is 12.1. The molecule has 1 heterocycles. The molecule has 0 saturated carbocycles. The van der Waals surface area contributed by atoms with Crippen molar-refractivity contribution in [3.8, 4) is 0 Å². The SMILES string of the molecule is CC[C@H](C)c1ccccc1NC(=O)CCNC(=O)c1cccs1. The molecule has 4 nitrogen and oxygen atoms in total. The lowest BCUT2D eigenvalue weighted by Gasteiger charge is -2.15. The molecule has 0 aliphatic heterocycles. The molecule has 2 rings (SSSR count). The zero-order valence-electron chi connectivity index (χ0n) is 13.5. The highest BCUT2D eigenvalue weighted by Crippen LogP contribution is 2.26. The second kappa shape index (κ2) is 8.48. The summed E-state index contributed by atoms with van der Waals surface area (Å²) in [7, 11) is 0. The fraction of sp³-hybridized carbons (Fsp3) is 0.333. The topological polar surface area (TPSA) is 58.2 Å². The maximum absolute atomic E-state index is 12.1. The summed E-state index contributed by atoms with van der Waals surface area (Å²) in [5, 5.41) is 7.56. The molecule has 2 aromatic rings. The van der Waals surface area contributed by atoms with E-state index in [-0.39, 0.29) is 18.2 Å². The van der Waals surface area contributed by atoms with E-state index in [1.54, 1.807) is 6.07 Å². The van der Waals surface area contributed by atoms with Crippen LogP contribution in [0.3, 0.4) is 0 Å². The summed E-state index contributed by atoms with van der Waals surface area (Å²) < 4.78 is 0. The standard InChI is InChI=1S/C18H22N2O2S/c1-3-13(2)14-7-4-5-8-15(14)20-17(21)10-11-19-18(22)16-9-6-12-23-16/h4-9,12-13H,3,10-11H2,1-2H3,(H,19,22)(H,20,21)/t13-/m0/s1. The first kappa shape index (κ1) is 17.2. The number of amides is 2. The Kier molecular flexibility index (Phi) is 6.35. The number of anilines is 1. The Balaban J connectivity index is 1.84. The molecule has 0 aliphatic rings. The number of thiophene rings is 1. The van der Waals surface area contributed by atoms with Gasteiger partial charge in [-0.15, -0.1) is 11.3 Å². The van der Waals surface area contributed by atoms with Gasteiger partial charge in [-0.2, -0.15) is 0 Å². The van der Waals surface area contributed by atoms with Crippen molar-refractivity contribution in [2.24, 2.45) is 0 Å². The normalized spacial score (nSPS) is 11.7. The van der Waals surface area contributed by atoms with Crippen molar-refractivity contribution >= 4 is 28.8 Å². The smallest absolute Gasteiger partial charge is 0.261 e. The summed E-state index contributed by atoms with van der Waals surface area (Å²) in [5.74, 6) is 0.171. The Morgan fingerprint density at radius 2 is 1.96 bits per heavy atom. The number of rotatable bonds is 7. The molecule has 1 atom stereocenters. The predicted molar refractivity (Wildman–Crippen MR) is 95.0 cm³/mol. The van der Waals surface area contributed by atoms with Crippen LogP contribution >= 0.6 is 11.3 Å². The molecular formula is C18H22N2O2S. The van der Waals surface area contributed by atoms with Crippen molar-refractivity contribution in [3.05, 3.63) is 52.2 Å². The number of carbonyl (C=O) groups excluding carboxylic acids is 2. The fourth-order valence-corrected chi connectivity index (χ4v) is 2.90. The summed E-state index contributed by atoms with van der Waals surface area (Å²) in [5.41, 5.74) is 2.00. The van der Waals surface area contributed by atoms with Gasteiger partial charge in [0.25, 0.3) is 5.91 Å². The van der Waals surface area contributed by atoms with Gasteiger partial charge in [-0.05, 0) is 35.4 Å². The van der Waals surface area contributed by atoms with E-state index in [1.165, 1.54) is 11.3 Å². The highest BCUT2D eigenvalue weighted by molar-refractivity contribution is 7.12. The van der Waals surface area contributed by atoms with E-state index < -0.39 is 0 Å². The lowest BCUT2D eigenvalue weighted by molar-refractivity contribution is -0.116. The van der Waals surface area contributed by atoms with Crippen LogP contribution in [-0.4, -0.2) is 18.4 Å². The van der Waals surface area contributed by atoms with Crippen LogP contribution in [0.15, 0.2) is 41.8 Å². The predicted octanol–water partition coefficient (Wildman–Crippen LogP) is 4.02. The minimum Gasteiger partial charge on any atom is -0.351 e. The molecule has 0 unspecified atom stereocenters. The molecular weight excluding hydrogens is 308 g/mol. The molecule has 0 bridgehead atoms. The average Bonchev–Trinajstić information content (AvgIpc) is 3.09. The second-order valence-electron chi connectivity index (χ2n) is 5.43. The Morgan fingerprint density at radius 1 is 1.17 bits per heavy atom. The zero-order chi connectivity index (χ0) is 16.7. The van der Waals surface area contributed by atoms with Gasteiger partial charge >= 0.3 is 0 Å². The molecule has 0 saturated heterocycles. The lowest BCUT2D eigenvalue weighted by Crippen LogP contribution is -2.27. The highest BCUT2D eigenvalue weighted by atomic mass is 32.1. The molecule has 0 radical (unpaired) electrons. The Morgan fingerprint density at radius 3 is 2.65 bits per heavy atom. The summed E-state index contributed by atoms with van der Waals surface area (Å²) in [6.45, 7) is 4.60. The molecule has 1 aromatic carbocycles. The summed E-state index contributed by atoms with van der Waals surface area (Å²) in [6.07, 6.45) is 1.27. The third-order valence-electron chi connectivity index (χ3n) is 3.76. The zero-order valence-corrected chi connectivity index (χ0v) is 14.3. The van der Waals surface area contributed by atoms with Gasteiger partial charge in [0, 0.05) is 18.7 Å². The third-order valence-corrected chi connectivity index (χ3v) is 4.63. The van der Waals surface area contributed by atoms with Gasteiger partial charge in [0.2, 0.25) is 5.91 Å². The number of benzene rings is 1. The minimum absolute atomic E-state index is 0.0905. The summed E-state index contributed by atoms with van der Waals surface area (Å²) in [6, 6.07) is 11.5. The molecule has 122 valence electrons. The minimum atomic E-state index is -0.132. The maximum Gasteiger partial charge on any atom is 0.261 e. The van der Waals surface area contributed by atoms with Crippen LogP contribution in [0.2, 0.25) is 0 Å². The first-order valence-corrected chi connectivity index (χ1v) is 8.70. The highest BCUT2D eigenvalue weighted by Gasteiger charge is 2.11. The van der Waals surface area contributed by atoms with E-state index in [9.17, 15) is 9.59 Å². The monoisotopic (exact) mass is 330 g/mol. The largest absolute Gasteiger partial charge is 0.351 e. The number of nitrogens with one attached hydrogen (secondary N) is 2. The molecule has 0 spiro atoms. The second-order valence-corrected chi connectivity index (χ2v) is 6.38. The van der Waals surface area contributed by atoms with Crippen LogP contribution < -0.4 is 10.6 Å². The number of hydrogen-bond acceptors (Lipinski definition) is 3. The molecule has 2 N–H and O–H groups in total. The van der Waals surface area contributed by atoms with Gasteiger partial charge in [-0.25, -0.2) is 0 Å². The van der Waals surface area contributed by atoms with Crippen molar-refractivity contribution in [3.63, 3.8) is 0 Å². The van der Waals surface area contributed by atoms with Crippen LogP contribution in [0, 0.1) is 0 Å². The Hall–Kier alpha value is -2.14. The summed E-state index contributed by atoms with van der Waals surface area (Å²) >= 11 is 1.39. The van der Waals surface area contributed by atoms with E-state index in [4.69, 9.17) is 0 Å². The van der Waals surface area contributed by atoms with Gasteiger partial charge in [0.1, 0.15) is 0 Å². The van der Waals surface area contributed by atoms with Gasteiger partial charge in [-0.3, -0.25) is 9.59 Å². The van der Waals surface area contributed by atoms with E-state index in [1.807, 2.05) is 35.7 Å². The third kappa shape index (κ3) is 4.93. The van der Waals surface area contributed by atoms with Crippen molar-refractivity contribution in [2.75, 3.05) is 11.9 Å². The van der Waals surface area contributed by atoms with Crippen LogP contribution in [-0.2, 0) is 4.79 Å². The molecule has 5 heteroatoms. The van der Waals surface area contributed by atoms with Crippen LogP contribution in [0.1, 0.15) is 47.8 Å². The van der Waals surface area contributed by atoms with Crippen LogP contribution in [0.5, 0.6) is 0 Å². The van der Waals surface area contributed by atoms with Crippen molar-refractivity contribution in [2.45, 2.75) is 32.6 Å². The summed E-state index contributed by atoms with van der Waals surface area (Å²) in [4.78, 5) is 24.5. The van der Waals surface area contributed by atoms with E-state index >= 15 is 0 Å². The molecule has 2 amide bonds. The Labute approximate surface area is 140 Å². The molecule has 23 heavy (non-hydrogen) atoms. The van der Waals surface area contributed by atoms with E-state index in [2.05, 4.69) is 24.5 Å². The van der Waals surface area contributed by atoms with E-state index in [0.29, 0.717) is 17.3 Å².